The summed E-state index contributed by atoms with van der Waals surface area (Å²) in [6.07, 6.45) is 0. The maximum atomic E-state index is 4.61. The normalized spacial score (nSPS) is 10.5. The van der Waals surface area contributed by atoms with E-state index >= 15 is 0 Å². The number of rotatable bonds is 5. The Morgan fingerprint density at radius 1 is 0.917 bits per heavy atom. The molecule has 0 saturated carbocycles. The molecule has 0 amide bonds. The smallest absolute Gasteiger partial charge is 0.138 e. The molecule has 1 N–H and O–H groups in total. The maximum absolute atomic E-state index is 4.61. The standard InChI is InChI=1S/C20H22N4/c1-4-24(18-8-6-5-7-9-18)20-14-19(21-16(3)22-20)23-17-12-10-15(2)11-13-17/h5-14H,4H2,1-3H3,(H,21,22,23). The highest BCUT2D eigenvalue weighted by atomic mass is 15.2. The fourth-order valence-corrected chi connectivity index (χ4v) is 2.62. The molecule has 3 rings (SSSR count). The fraction of sp³-hybridized carbons (Fsp3) is 0.200. The Morgan fingerprint density at radius 2 is 1.62 bits per heavy atom. The van der Waals surface area contributed by atoms with Crippen molar-refractivity contribution in [2.75, 3.05) is 16.8 Å². The van der Waals surface area contributed by atoms with Crippen molar-refractivity contribution < 1.29 is 0 Å². The van der Waals surface area contributed by atoms with Crippen LogP contribution < -0.4 is 10.2 Å². The van der Waals surface area contributed by atoms with Gasteiger partial charge in [0, 0.05) is 24.0 Å². The van der Waals surface area contributed by atoms with Crippen molar-refractivity contribution in [3.8, 4) is 0 Å². The average Bonchev–Trinajstić information content (AvgIpc) is 2.58. The zero-order valence-corrected chi connectivity index (χ0v) is 14.3. The predicted molar refractivity (Wildman–Crippen MR) is 100 cm³/mol. The molecule has 0 bridgehead atoms. The van der Waals surface area contributed by atoms with Crippen molar-refractivity contribution >= 4 is 23.0 Å². The summed E-state index contributed by atoms with van der Waals surface area (Å²) in [6.45, 7) is 6.96. The third-order valence-electron chi connectivity index (χ3n) is 3.81. The van der Waals surface area contributed by atoms with Crippen LogP contribution in [-0.2, 0) is 0 Å². The molecule has 0 aliphatic rings. The Balaban J connectivity index is 1.92. The predicted octanol–water partition coefficient (Wildman–Crippen LogP) is 5.00. The number of hydrogen-bond donors (Lipinski definition) is 1. The summed E-state index contributed by atoms with van der Waals surface area (Å²) in [7, 11) is 0. The van der Waals surface area contributed by atoms with Gasteiger partial charge in [-0.2, -0.15) is 0 Å². The summed E-state index contributed by atoms with van der Waals surface area (Å²) in [6, 6.07) is 20.6. The number of anilines is 4. The highest BCUT2D eigenvalue weighted by Gasteiger charge is 2.11. The number of aromatic nitrogens is 2. The molecule has 0 unspecified atom stereocenters. The second-order valence-electron chi connectivity index (χ2n) is 5.73. The topological polar surface area (TPSA) is 41.0 Å². The van der Waals surface area contributed by atoms with Crippen LogP contribution in [-0.4, -0.2) is 16.5 Å². The minimum Gasteiger partial charge on any atom is -0.340 e. The average molecular weight is 318 g/mol. The van der Waals surface area contributed by atoms with E-state index in [9.17, 15) is 0 Å². The van der Waals surface area contributed by atoms with Gasteiger partial charge >= 0.3 is 0 Å². The highest BCUT2D eigenvalue weighted by molar-refractivity contribution is 5.65. The number of nitrogens with one attached hydrogen (secondary N) is 1. The molecule has 0 aliphatic carbocycles. The lowest BCUT2D eigenvalue weighted by Gasteiger charge is -2.23. The highest BCUT2D eigenvalue weighted by Crippen LogP contribution is 2.26. The van der Waals surface area contributed by atoms with Crippen LogP contribution in [0.2, 0.25) is 0 Å². The van der Waals surface area contributed by atoms with E-state index in [0.29, 0.717) is 0 Å². The first-order valence-corrected chi connectivity index (χ1v) is 8.17. The number of benzene rings is 2. The van der Waals surface area contributed by atoms with Gasteiger partial charge in [-0.25, -0.2) is 9.97 Å². The first-order chi connectivity index (χ1) is 11.7. The molecule has 0 atom stereocenters. The van der Waals surface area contributed by atoms with Crippen LogP contribution in [0.5, 0.6) is 0 Å². The molecule has 0 saturated heterocycles. The summed E-state index contributed by atoms with van der Waals surface area (Å²) in [5, 5.41) is 3.37. The Kier molecular flexibility index (Phi) is 4.75. The Hall–Kier alpha value is -2.88. The molecule has 1 heterocycles. The second-order valence-corrected chi connectivity index (χ2v) is 5.73. The van der Waals surface area contributed by atoms with E-state index in [1.165, 1.54) is 5.56 Å². The molecule has 0 spiro atoms. The van der Waals surface area contributed by atoms with Gasteiger partial charge < -0.3 is 10.2 Å². The third-order valence-corrected chi connectivity index (χ3v) is 3.81. The summed E-state index contributed by atoms with van der Waals surface area (Å²) < 4.78 is 0. The summed E-state index contributed by atoms with van der Waals surface area (Å²) >= 11 is 0. The van der Waals surface area contributed by atoms with Gasteiger partial charge in [0.1, 0.15) is 17.5 Å². The maximum Gasteiger partial charge on any atom is 0.138 e. The van der Waals surface area contributed by atoms with Crippen molar-refractivity contribution in [2.45, 2.75) is 20.8 Å². The van der Waals surface area contributed by atoms with Gasteiger partial charge in [0.05, 0.1) is 0 Å². The van der Waals surface area contributed by atoms with Crippen LogP contribution in [0.25, 0.3) is 0 Å². The van der Waals surface area contributed by atoms with Gasteiger partial charge in [0.15, 0.2) is 0 Å². The molecule has 0 aliphatic heterocycles. The van der Waals surface area contributed by atoms with Crippen LogP contribution in [0.4, 0.5) is 23.0 Å². The van der Waals surface area contributed by atoms with Gasteiger partial charge in [-0.15, -0.1) is 0 Å². The van der Waals surface area contributed by atoms with E-state index < -0.39 is 0 Å². The van der Waals surface area contributed by atoms with Crippen molar-refractivity contribution in [1.29, 1.82) is 0 Å². The molecule has 24 heavy (non-hydrogen) atoms. The molecule has 3 aromatic rings. The molecule has 4 heteroatoms. The molecule has 122 valence electrons. The Morgan fingerprint density at radius 3 is 2.29 bits per heavy atom. The molecular formula is C20H22N4. The minimum atomic E-state index is 0.747. The van der Waals surface area contributed by atoms with E-state index in [2.05, 4.69) is 70.4 Å². The zero-order valence-electron chi connectivity index (χ0n) is 14.3. The quantitative estimate of drug-likeness (QED) is 0.719. The van der Waals surface area contributed by atoms with Crippen LogP contribution in [0.1, 0.15) is 18.3 Å². The van der Waals surface area contributed by atoms with E-state index in [0.717, 1.165) is 35.4 Å². The summed E-state index contributed by atoms with van der Waals surface area (Å²) in [5.74, 6) is 2.44. The lowest BCUT2D eigenvalue weighted by molar-refractivity contribution is 0.953. The lowest BCUT2D eigenvalue weighted by Crippen LogP contribution is -2.18. The number of para-hydroxylation sites is 1. The summed E-state index contributed by atoms with van der Waals surface area (Å²) in [5.41, 5.74) is 3.38. The molecule has 0 radical (unpaired) electrons. The van der Waals surface area contributed by atoms with Gasteiger partial charge in [0.25, 0.3) is 0 Å². The monoisotopic (exact) mass is 318 g/mol. The van der Waals surface area contributed by atoms with Gasteiger partial charge in [0.2, 0.25) is 0 Å². The van der Waals surface area contributed by atoms with Crippen molar-refractivity contribution in [3.05, 3.63) is 72.1 Å². The molecular weight excluding hydrogens is 296 g/mol. The van der Waals surface area contributed by atoms with E-state index in [-0.39, 0.29) is 0 Å². The van der Waals surface area contributed by atoms with Gasteiger partial charge in [-0.1, -0.05) is 35.9 Å². The van der Waals surface area contributed by atoms with Gasteiger partial charge in [-0.05, 0) is 45.0 Å². The molecule has 0 fully saturated rings. The Bertz CT molecular complexity index is 798. The van der Waals surface area contributed by atoms with Crippen molar-refractivity contribution in [2.24, 2.45) is 0 Å². The molecule has 2 aromatic carbocycles. The van der Waals surface area contributed by atoms with E-state index in [4.69, 9.17) is 0 Å². The molecule has 1 aromatic heterocycles. The van der Waals surface area contributed by atoms with Crippen molar-refractivity contribution in [1.82, 2.24) is 9.97 Å². The fourth-order valence-electron chi connectivity index (χ4n) is 2.62. The van der Waals surface area contributed by atoms with Crippen LogP contribution >= 0.6 is 0 Å². The van der Waals surface area contributed by atoms with E-state index in [1.807, 2.05) is 31.2 Å². The minimum absolute atomic E-state index is 0.747. The third kappa shape index (κ3) is 3.71. The van der Waals surface area contributed by atoms with Crippen LogP contribution in [0.15, 0.2) is 60.7 Å². The zero-order chi connectivity index (χ0) is 16.9. The number of hydrogen-bond acceptors (Lipinski definition) is 4. The SMILES string of the molecule is CCN(c1ccccc1)c1cc(Nc2ccc(C)cc2)nc(C)n1. The van der Waals surface area contributed by atoms with Crippen LogP contribution in [0.3, 0.4) is 0 Å². The van der Waals surface area contributed by atoms with Crippen molar-refractivity contribution in [3.63, 3.8) is 0 Å². The number of aryl methyl sites for hydroxylation is 2. The molecule has 4 nitrogen and oxygen atoms in total. The van der Waals surface area contributed by atoms with Gasteiger partial charge in [-0.3, -0.25) is 0 Å². The summed E-state index contributed by atoms with van der Waals surface area (Å²) in [4.78, 5) is 11.3. The first-order valence-electron chi connectivity index (χ1n) is 8.17. The second kappa shape index (κ2) is 7.13. The number of nitrogens with zero attached hydrogens (tertiary/aromatic N) is 3. The van der Waals surface area contributed by atoms with E-state index in [1.54, 1.807) is 0 Å². The van der Waals surface area contributed by atoms with Crippen LogP contribution in [0, 0.1) is 13.8 Å². The Labute approximate surface area is 143 Å². The largest absolute Gasteiger partial charge is 0.340 e. The lowest BCUT2D eigenvalue weighted by atomic mass is 10.2. The first kappa shape index (κ1) is 16.0.